The first-order valence-electron chi connectivity index (χ1n) is 5.87. The SMILES string of the molecule is CC(NC(=O)C(C)(C)C)c1ccc(S(=O)(=O)Cl)cc1. The molecular weight excluding hydrogens is 286 g/mol. The van der Waals surface area contributed by atoms with Gasteiger partial charge in [-0.25, -0.2) is 8.42 Å². The number of carbonyl (C=O) groups is 1. The summed E-state index contributed by atoms with van der Waals surface area (Å²) < 4.78 is 22.2. The van der Waals surface area contributed by atoms with E-state index in [0.29, 0.717) is 0 Å². The van der Waals surface area contributed by atoms with Crippen molar-refractivity contribution in [1.82, 2.24) is 5.32 Å². The van der Waals surface area contributed by atoms with Crippen LogP contribution in [-0.2, 0) is 13.8 Å². The third kappa shape index (κ3) is 4.51. The normalized spacial score (nSPS) is 13.9. The molecule has 0 aliphatic heterocycles. The van der Waals surface area contributed by atoms with Crippen molar-refractivity contribution in [1.29, 1.82) is 0 Å². The monoisotopic (exact) mass is 303 g/mol. The molecule has 0 bridgehead atoms. The topological polar surface area (TPSA) is 63.2 Å². The van der Waals surface area contributed by atoms with Crippen LogP contribution in [0.4, 0.5) is 0 Å². The lowest BCUT2D eigenvalue weighted by Gasteiger charge is -2.22. The largest absolute Gasteiger partial charge is 0.349 e. The molecule has 1 aromatic rings. The maximum absolute atomic E-state index is 11.8. The second kappa shape index (κ2) is 5.51. The van der Waals surface area contributed by atoms with Crippen LogP contribution in [0, 0.1) is 5.41 Å². The molecule has 0 spiro atoms. The molecule has 0 saturated heterocycles. The zero-order chi connectivity index (χ0) is 14.8. The Bertz CT molecular complexity index is 559. The van der Waals surface area contributed by atoms with Crippen LogP contribution in [0.3, 0.4) is 0 Å². The Kier molecular flexibility index (Phi) is 4.63. The molecular formula is C13H18ClNO3S. The van der Waals surface area contributed by atoms with Gasteiger partial charge in [0.1, 0.15) is 0 Å². The molecule has 6 heteroatoms. The van der Waals surface area contributed by atoms with Crippen molar-refractivity contribution in [3.8, 4) is 0 Å². The van der Waals surface area contributed by atoms with Gasteiger partial charge in [-0.15, -0.1) is 0 Å². The van der Waals surface area contributed by atoms with Gasteiger partial charge in [-0.3, -0.25) is 4.79 Å². The highest BCUT2D eigenvalue weighted by molar-refractivity contribution is 8.13. The summed E-state index contributed by atoms with van der Waals surface area (Å²) in [7, 11) is 1.53. The van der Waals surface area contributed by atoms with E-state index in [0.717, 1.165) is 5.56 Å². The van der Waals surface area contributed by atoms with Gasteiger partial charge in [0.2, 0.25) is 5.91 Å². The number of amides is 1. The smallest absolute Gasteiger partial charge is 0.261 e. The van der Waals surface area contributed by atoms with Crippen LogP contribution < -0.4 is 5.32 Å². The Morgan fingerprint density at radius 1 is 1.21 bits per heavy atom. The maximum Gasteiger partial charge on any atom is 0.261 e. The minimum absolute atomic E-state index is 0.0484. The molecule has 4 nitrogen and oxygen atoms in total. The van der Waals surface area contributed by atoms with Crippen molar-refractivity contribution in [3.05, 3.63) is 29.8 Å². The minimum atomic E-state index is -3.71. The molecule has 0 fully saturated rings. The second-order valence-corrected chi connectivity index (χ2v) is 8.02. The molecule has 1 amide bonds. The fourth-order valence-corrected chi connectivity index (χ4v) is 2.19. The van der Waals surface area contributed by atoms with E-state index in [1.165, 1.54) is 12.1 Å². The van der Waals surface area contributed by atoms with E-state index in [2.05, 4.69) is 5.32 Å². The van der Waals surface area contributed by atoms with Gasteiger partial charge in [0.25, 0.3) is 9.05 Å². The number of benzene rings is 1. The van der Waals surface area contributed by atoms with Gasteiger partial charge in [0.05, 0.1) is 10.9 Å². The third-order valence-corrected chi connectivity index (χ3v) is 4.06. The molecule has 1 aromatic carbocycles. The molecule has 1 N–H and O–H groups in total. The summed E-state index contributed by atoms with van der Waals surface area (Å²) in [5.41, 5.74) is 0.356. The Labute approximate surface area is 118 Å². The minimum Gasteiger partial charge on any atom is -0.349 e. The van der Waals surface area contributed by atoms with Gasteiger partial charge in [-0.1, -0.05) is 32.9 Å². The van der Waals surface area contributed by atoms with Gasteiger partial charge in [-0.05, 0) is 24.6 Å². The van der Waals surface area contributed by atoms with Crippen molar-refractivity contribution in [2.75, 3.05) is 0 Å². The average molecular weight is 304 g/mol. The lowest BCUT2D eigenvalue weighted by atomic mass is 9.95. The van der Waals surface area contributed by atoms with Crippen LogP contribution >= 0.6 is 10.7 Å². The van der Waals surface area contributed by atoms with Crippen LogP contribution in [0.25, 0.3) is 0 Å². The molecule has 0 heterocycles. The quantitative estimate of drug-likeness (QED) is 0.873. The highest BCUT2D eigenvalue weighted by Crippen LogP contribution is 2.20. The number of carbonyl (C=O) groups excluding carboxylic acids is 1. The van der Waals surface area contributed by atoms with Crippen LogP contribution in [0.2, 0.25) is 0 Å². The maximum atomic E-state index is 11.8. The second-order valence-electron chi connectivity index (χ2n) is 5.45. The molecule has 0 radical (unpaired) electrons. The predicted molar refractivity (Wildman–Crippen MR) is 75.5 cm³/mol. The van der Waals surface area contributed by atoms with Crippen molar-refractivity contribution in [2.45, 2.75) is 38.6 Å². The number of nitrogens with one attached hydrogen (secondary N) is 1. The van der Waals surface area contributed by atoms with Crippen molar-refractivity contribution < 1.29 is 13.2 Å². The van der Waals surface area contributed by atoms with Crippen LogP contribution in [0.15, 0.2) is 29.2 Å². The lowest BCUT2D eigenvalue weighted by molar-refractivity contribution is -0.129. The molecule has 106 valence electrons. The molecule has 0 aromatic heterocycles. The summed E-state index contributed by atoms with van der Waals surface area (Å²) in [4.78, 5) is 11.9. The molecule has 0 aliphatic rings. The first-order valence-corrected chi connectivity index (χ1v) is 8.18. The van der Waals surface area contributed by atoms with E-state index in [9.17, 15) is 13.2 Å². The fourth-order valence-electron chi connectivity index (χ4n) is 1.42. The summed E-state index contributed by atoms with van der Waals surface area (Å²) in [6.07, 6.45) is 0. The van der Waals surface area contributed by atoms with E-state index < -0.39 is 14.5 Å². The lowest BCUT2D eigenvalue weighted by Crippen LogP contribution is -2.36. The Balaban J connectivity index is 2.85. The number of hydrogen-bond acceptors (Lipinski definition) is 3. The number of rotatable bonds is 3. The summed E-state index contributed by atoms with van der Waals surface area (Å²) in [6.45, 7) is 7.34. The van der Waals surface area contributed by atoms with Crippen molar-refractivity contribution in [3.63, 3.8) is 0 Å². The van der Waals surface area contributed by atoms with Crippen LogP contribution in [0.1, 0.15) is 39.3 Å². The van der Waals surface area contributed by atoms with E-state index >= 15 is 0 Å². The summed E-state index contributed by atoms with van der Waals surface area (Å²) in [6, 6.07) is 5.94. The van der Waals surface area contributed by atoms with Crippen molar-refractivity contribution >= 4 is 25.6 Å². The molecule has 0 aliphatic carbocycles. The molecule has 19 heavy (non-hydrogen) atoms. The van der Waals surface area contributed by atoms with E-state index in [-0.39, 0.29) is 16.8 Å². The van der Waals surface area contributed by atoms with Crippen molar-refractivity contribution in [2.24, 2.45) is 5.41 Å². The van der Waals surface area contributed by atoms with Crippen LogP contribution in [-0.4, -0.2) is 14.3 Å². The standard InChI is InChI=1S/C13H18ClNO3S/c1-9(15-12(16)13(2,3)4)10-5-7-11(8-6-10)19(14,17)18/h5-9H,1-4H3,(H,15,16). The van der Waals surface area contributed by atoms with Gasteiger partial charge >= 0.3 is 0 Å². The third-order valence-electron chi connectivity index (χ3n) is 2.69. The average Bonchev–Trinajstić information content (AvgIpc) is 2.26. The highest BCUT2D eigenvalue weighted by atomic mass is 35.7. The van der Waals surface area contributed by atoms with Gasteiger partial charge < -0.3 is 5.32 Å². The number of halogens is 1. The summed E-state index contributed by atoms with van der Waals surface area (Å²) >= 11 is 0. The summed E-state index contributed by atoms with van der Waals surface area (Å²) in [5.74, 6) is -0.0611. The first-order chi connectivity index (χ1) is 8.51. The molecule has 1 rings (SSSR count). The Morgan fingerprint density at radius 3 is 2.05 bits per heavy atom. The van der Waals surface area contributed by atoms with Crippen LogP contribution in [0.5, 0.6) is 0 Å². The Morgan fingerprint density at radius 2 is 1.68 bits per heavy atom. The molecule has 0 saturated carbocycles. The zero-order valence-corrected chi connectivity index (χ0v) is 13.0. The van der Waals surface area contributed by atoms with E-state index in [4.69, 9.17) is 10.7 Å². The van der Waals surface area contributed by atoms with Gasteiger partial charge in [-0.2, -0.15) is 0 Å². The molecule has 1 atom stereocenters. The summed E-state index contributed by atoms with van der Waals surface area (Å²) in [5, 5.41) is 2.87. The van der Waals surface area contributed by atoms with Gasteiger partial charge in [0, 0.05) is 16.1 Å². The Hall–Kier alpha value is -1.07. The fraction of sp³-hybridized carbons (Fsp3) is 0.462. The number of hydrogen-bond donors (Lipinski definition) is 1. The van der Waals surface area contributed by atoms with E-state index in [1.54, 1.807) is 12.1 Å². The van der Waals surface area contributed by atoms with E-state index in [1.807, 2.05) is 27.7 Å². The predicted octanol–water partition coefficient (Wildman–Crippen LogP) is 2.84. The highest BCUT2D eigenvalue weighted by Gasteiger charge is 2.23. The first kappa shape index (κ1) is 16.0. The molecule has 1 unspecified atom stereocenters. The zero-order valence-electron chi connectivity index (χ0n) is 11.4. The van der Waals surface area contributed by atoms with Gasteiger partial charge in [0.15, 0.2) is 0 Å².